The largest absolute Gasteiger partial charge is 0.254 e. The van der Waals surface area contributed by atoms with E-state index < -0.39 is 10.2 Å². The fraction of sp³-hybridized carbons (Fsp3) is 0. The van der Waals surface area contributed by atoms with Crippen LogP contribution >= 0.6 is 11.8 Å². The van der Waals surface area contributed by atoms with Gasteiger partial charge in [0.15, 0.2) is 5.71 Å². The molecule has 0 aromatic heterocycles. The SMILES string of the molecule is [NH2+]=C1C=CC(=C2C=CSC=C2)C=C1.[O-][Cl+3]([O-])([O-])[O-]. The summed E-state index contributed by atoms with van der Waals surface area (Å²) in [6.07, 6.45) is 12.1. The van der Waals surface area contributed by atoms with Crippen LogP contribution in [0.3, 0.4) is 0 Å². The molecule has 0 bridgehead atoms. The standard InChI is InChI=1S/C11H9NS.ClHO4/c12-11-3-1-9(2-4-11)10-5-7-13-8-6-10;2-1(3,4)5/h1-8,12H;(H,2,3,4,5). The van der Waals surface area contributed by atoms with Gasteiger partial charge in [-0.1, -0.05) is 0 Å². The van der Waals surface area contributed by atoms with E-state index in [0.717, 1.165) is 5.71 Å². The fourth-order valence-electron chi connectivity index (χ4n) is 1.19. The van der Waals surface area contributed by atoms with E-state index in [-0.39, 0.29) is 0 Å². The third-order valence-electron chi connectivity index (χ3n) is 1.90. The first kappa shape index (κ1) is 14.9. The molecular weight excluding hydrogens is 278 g/mol. The highest BCUT2D eigenvalue weighted by Gasteiger charge is 2.03. The van der Waals surface area contributed by atoms with Crippen molar-refractivity contribution in [3.8, 4) is 0 Å². The van der Waals surface area contributed by atoms with E-state index in [1.165, 1.54) is 11.1 Å². The molecular formula is C11H10ClNO4S. The average molecular weight is 288 g/mol. The van der Waals surface area contributed by atoms with Crippen molar-refractivity contribution in [3.05, 3.63) is 58.4 Å². The highest BCUT2D eigenvalue weighted by Crippen LogP contribution is 2.21. The Hall–Kier alpha value is -1.15. The molecule has 96 valence electrons. The predicted molar refractivity (Wildman–Crippen MR) is 58.1 cm³/mol. The Morgan fingerprint density at radius 3 is 1.61 bits per heavy atom. The molecule has 1 aliphatic carbocycles. The molecule has 0 radical (unpaired) electrons. The Morgan fingerprint density at radius 2 is 1.17 bits per heavy atom. The van der Waals surface area contributed by atoms with E-state index in [4.69, 9.17) is 24.0 Å². The topological polar surface area (TPSA) is 118 Å². The second kappa shape index (κ2) is 6.69. The third-order valence-corrected chi connectivity index (χ3v) is 2.48. The average Bonchev–Trinajstić information content (AvgIpc) is 2.29. The summed E-state index contributed by atoms with van der Waals surface area (Å²) in [5.41, 5.74) is 3.25. The van der Waals surface area contributed by atoms with Gasteiger partial charge in [-0.3, -0.25) is 5.41 Å². The lowest BCUT2D eigenvalue weighted by atomic mass is 10.0. The smallest absolute Gasteiger partial charge is 0.196 e. The number of hydrogen-bond acceptors (Lipinski definition) is 5. The zero-order valence-corrected chi connectivity index (χ0v) is 10.7. The van der Waals surface area contributed by atoms with E-state index in [2.05, 4.69) is 23.0 Å². The van der Waals surface area contributed by atoms with Crippen LogP contribution < -0.4 is 24.0 Å². The first-order valence-electron chi connectivity index (χ1n) is 4.69. The molecule has 1 heterocycles. The van der Waals surface area contributed by atoms with Crippen molar-refractivity contribution in [1.82, 2.24) is 0 Å². The second-order valence-electron chi connectivity index (χ2n) is 3.20. The van der Waals surface area contributed by atoms with Gasteiger partial charge in [-0.25, -0.2) is 18.6 Å². The first-order valence-corrected chi connectivity index (χ1v) is 6.87. The minimum atomic E-state index is -4.94. The minimum Gasteiger partial charge on any atom is -0.254 e. The summed E-state index contributed by atoms with van der Waals surface area (Å²) in [7, 11) is -4.94. The number of hydrogen-bond donors (Lipinski definition) is 1. The number of rotatable bonds is 0. The summed E-state index contributed by atoms with van der Waals surface area (Å²) < 4.78 is 34.0. The molecule has 0 saturated carbocycles. The maximum atomic E-state index is 8.49. The Labute approximate surface area is 110 Å². The van der Waals surface area contributed by atoms with E-state index >= 15 is 0 Å². The van der Waals surface area contributed by atoms with Crippen LogP contribution in [0.4, 0.5) is 0 Å². The lowest BCUT2D eigenvalue weighted by Gasteiger charge is -2.17. The zero-order valence-electron chi connectivity index (χ0n) is 9.12. The van der Waals surface area contributed by atoms with Crippen LogP contribution in [0.2, 0.25) is 0 Å². The van der Waals surface area contributed by atoms with Crippen LogP contribution in [-0.4, -0.2) is 5.71 Å². The van der Waals surface area contributed by atoms with Crippen molar-refractivity contribution in [2.75, 3.05) is 0 Å². The molecule has 2 N–H and O–H groups in total. The second-order valence-corrected chi connectivity index (χ2v) is 4.77. The predicted octanol–water partition coefficient (Wildman–Crippen LogP) is -3.37. The highest BCUT2D eigenvalue weighted by atomic mass is 35.7. The molecule has 0 unspecified atom stereocenters. The molecule has 0 saturated heterocycles. The molecule has 0 atom stereocenters. The van der Waals surface area contributed by atoms with Crippen LogP contribution in [0.1, 0.15) is 0 Å². The number of halogens is 1. The van der Waals surface area contributed by atoms with Gasteiger partial charge in [0.05, 0.1) is 0 Å². The molecule has 0 aromatic carbocycles. The van der Waals surface area contributed by atoms with Gasteiger partial charge in [-0.05, 0) is 46.3 Å². The molecule has 7 heteroatoms. The maximum Gasteiger partial charge on any atom is 0.196 e. The van der Waals surface area contributed by atoms with Gasteiger partial charge >= 0.3 is 0 Å². The Bertz CT molecular complexity index is 434. The Kier molecular flexibility index (Phi) is 5.54. The molecule has 0 fully saturated rings. The Balaban J connectivity index is 0.000000280. The van der Waals surface area contributed by atoms with Crippen molar-refractivity contribution in [2.45, 2.75) is 0 Å². The molecule has 0 amide bonds. The first-order chi connectivity index (χ1) is 8.36. The zero-order chi connectivity index (χ0) is 13.6. The lowest BCUT2D eigenvalue weighted by molar-refractivity contribution is -2.00. The van der Waals surface area contributed by atoms with Crippen molar-refractivity contribution < 1.29 is 34.3 Å². The molecule has 5 nitrogen and oxygen atoms in total. The van der Waals surface area contributed by atoms with Gasteiger partial charge in [0.1, 0.15) is 0 Å². The molecule has 2 aliphatic rings. The summed E-state index contributed by atoms with van der Waals surface area (Å²) in [6, 6.07) is 0. The monoisotopic (exact) mass is 287 g/mol. The minimum absolute atomic E-state index is 0.808. The van der Waals surface area contributed by atoms with Crippen molar-refractivity contribution in [1.29, 1.82) is 0 Å². The highest BCUT2D eigenvalue weighted by molar-refractivity contribution is 8.04. The number of allylic oxidation sites excluding steroid dienone is 8. The Morgan fingerprint density at radius 1 is 0.778 bits per heavy atom. The van der Waals surface area contributed by atoms with E-state index in [1.54, 1.807) is 11.8 Å². The summed E-state index contributed by atoms with van der Waals surface area (Å²) in [4.78, 5) is 0. The summed E-state index contributed by atoms with van der Waals surface area (Å²) in [5.74, 6) is 0. The van der Waals surface area contributed by atoms with E-state index in [0.29, 0.717) is 0 Å². The number of thioether (sulfide) groups is 1. The van der Waals surface area contributed by atoms with Gasteiger partial charge < -0.3 is 0 Å². The molecule has 18 heavy (non-hydrogen) atoms. The quantitative estimate of drug-likeness (QED) is 0.499. The van der Waals surface area contributed by atoms with Gasteiger partial charge in [-0.2, -0.15) is 0 Å². The lowest BCUT2D eigenvalue weighted by Crippen LogP contribution is -2.68. The van der Waals surface area contributed by atoms with Gasteiger partial charge in [0.25, 0.3) is 0 Å². The molecule has 1 aliphatic heterocycles. The van der Waals surface area contributed by atoms with Gasteiger partial charge in [0.2, 0.25) is 0 Å². The van der Waals surface area contributed by atoms with Crippen LogP contribution in [0.25, 0.3) is 0 Å². The van der Waals surface area contributed by atoms with Gasteiger partial charge in [0, 0.05) is 12.2 Å². The summed E-state index contributed by atoms with van der Waals surface area (Å²) in [5, 5.41) is 9.76. The van der Waals surface area contributed by atoms with Crippen molar-refractivity contribution in [2.24, 2.45) is 0 Å². The third kappa shape index (κ3) is 6.55. The van der Waals surface area contributed by atoms with Crippen LogP contribution in [-0.2, 0) is 0 Å². The molecule has 2 rings (SSSR count). The number of nitrogens with two attached hydrogens (primary N) is 1. The van der Waals surface area contributed by atoms with Crippen LogP contribution in [0, 0.1) is 10.2 Å². The van der Waals surface area contributed by atoms with Crippen molar-refractivity contribution >= 4 is 17.5 Å². The van der Waals surface area contributed by atoms with E-state index in [9.17, 15) is 0 Å². The van der Waals surface area contributed by atoms with E-state index in [1.807, 2.05) is 24.3 Å². The normalized spacial score (nSPS) is 17.9. The van der Waals surface area contributed by atoms with Gasteiger partial charge in [-0.15, -0.1) is 22.0 Å². The summed E-state index contributed by atoms with van der Waals surface area (Å²) in [6.45, 7) is 0. The van der Waals surface area contributed by atoms with Crippen LogP contribution in [0.5, 0.6) is 0 Å². The fourth-order valence-corrected chi connectivity index (χ4v) is 1.74. The van der Waals surface area contributed by atoms with Crippen LogP contribution in [0.15, 0.2) is 58.4 Å². The maximum absolute atomic E-state index is 8.49. The molecule has 0 aromatic rings. The molecule has 0 spiro atoms. The summed E-state index contributed by atoms with van der Waals surface area (Å²) >= 11 is 1.69. The van der Waals surface area contributed by atoms with Crippen molar-refractivity contribution in [3.63, 3.8) is 0 Å².